The molecule has 4 atom stereocenters. The third kappa shape index (κ3) is 2.29. The van der Waals surface area contributed by atoms with Gasteiger partial charge in [-0.05, 0) is 30.1 Å². The molecule has 0 saturated heterocycles. The van der Waals surface area contributed by atoms with Gasteiger partial charge in [0.25, 0.3) is 0 Å². The first kappa shape index (κ1) is 14.1. The van der Waals surface area contributed by atoms with Crippen LogP contribution in [-0.4, -0.2) is 27.5 Å². The Bertz CT molecular complexity index is 468. The first-order valence-corrected chi connectivity index (χ1v) is 7.90. The lowest BCUT2D eigenvalue weighted by Gasteiger charge is -2.61. The van der Waals surface area contributed by atoms with Crippen molar-refractivity contribution < 1.29 is 5.11 Å². The van der Waals surface area contributed by atoms with E-state index in [1.165, 1.54) is 25.7 Å². The largest absolute Gasteiger partial charge is 0.387 e. The quantitative estimate of drug-likeness (QED) is 0.887. The van der Waals surface area contributed by atoms with Crippen molar-refractivity contribution >= 4 is 0 Å². The van der Waals surface area contributed by atoms with E-state index in [0.29, 0.717) is 18.0 Å². The van der Waals surface area contributed by atoms with Gasteiger partial charge in [-0.3, -0.25) is 4.68 Å². The molecule has 4 heteroatoms. The molecule has 112 valence electrons. The van der Waals surface area contributed by atoms with Gasteiger partial charge in [0.2, 0.25) is 0 Å². The number of aliphatic hydroxyl groups is 1. The summed E-state index contributed by atoms with van der Waals surface area (Å²) < 4.78 is 1.74. The zero-order valence-electron chi connectivity index (χ0n) is 12.8. The Balaban J connectivity index is 1.58. The summed E-state index contributed by atoms with van der Waals surface area (Å²) in [5, 5.41) is 18.0. The number of fused-ring (bicyclic) bond motifs is 1. The average molecular weight is 277 g/mol. The Kier molecular flexibility index (Phi) is 3.63. The topological polar surface area (TPSA) is 50.1 Å². The Morgan fingerprint density at radius 3 is 2.90 bits per heavy atom. The summed E-state index contributed by atoms with van der Waals surface area (Å²) in [5.41, 5.74) is 1.28. The maximum absolute atomic E-state index is 10.3. The number of hydrogen-bond donors (Lipinski definition) is 2. The number of aliphatic hydroxyl groups excluding tert-OH is 1. The number of hydrogen-bond acceptors (Lipinski definition) is 3. The van der Waals surface area contributed by atoms with E-state index in [2.05, 4.69) is 24.3 Å². The molecule has 2 N–H and O–H groups in total. The van der Waals surface area contributed by atoms with Crippen molar-refractivity contribution in [2.75, 3.05) is 6.54 Å². The summed E-state index contributed by atoms with van der Waals surface area (Å²) in [6.07, 6.45) is 8.71. The third-order valence-corrected chi connectivity index (χ3v) is 5.65. The highest BCUT2D eigenvalue weighted by molar-refractivity contribution is 5.11. The predicted molar refractivity (Wildman–Crippen MR) is 79.2 cm³/mol. The van der Waals surface area contributed by atoms with E-state index in [-0.39, 0.29) is 0 Å². The van der Waals surface area contributed by atoms with Gasteiger partial charge >= 0.3 is 0 Å². The maximum atomic E-state index is 10.3. The lowest BCUT2D eigenvalue weighted by molar-refractivity contribution is -0.0903. The van der Waals surface area contributed by atoms with Crippen molar-refractivity contribution in [1.82, 2.24) is 15.1 Å². The zero-order chi connectivity index (χ0) is 14.3. The molecule has 2 aliphatic carbocycles. The van der Waals surface area contributed by atoms with Gasteiger partial charge in [0.1, 0.15) is 0 Å². The van der Waals surface area contributed by atoms with Crippen LogP contribution in [0.15, 0.2) is 12.4 Å². The molecule has 0 radical (unpaired) electrons. The van der Waals surface area contributed by atoms with Crippen LogP contribution in [0.25, 0.3) is 0 Å². The molecule has 1 heterocycles. The summed E-state index contributed by atoms with van der Waals surface area (Å²) in [6, 6.07) is 0.555. The summed E-state index contributed by atoms with van der Waals surface area (Å²) in [6.45, 7) is 5.39. The number of aryl methyl sites for hydroxylation is 1. The molecule has 20 heavy (non-hydrogen) atoms. The van der Waals surface area contributed by atoms with Crippen LogP contribution in [0, 0.1) is 17.3 Å². The Morgan fingerprint density at radius 1 is 1.45 bits per heavy atom. The van der Waals surface area contributed by atoms with E-state index in [9.17, 15) is 5.11 Å². The van der Waals surface area contributed by atoms with E-state index < -0.39 is 6.10 Å². The molecule has 0 spiro atoms. The Hall–Kier alpha value is -0.870. The first-order chi connectivity index (χ1) is 9.50. The summed E-state index contributed by atoms with van der Waals surface area (Å²) in [5.74, 6) is 1.70. The zero-order valence-corrected chi connectivity index (χ0v) is 12.8. The molecule has 0 aromatic carbocycles. The highest BCUT2D eigenvalue weighted by atomic mass is 16.3. The van der Waals surface area contributed by atoms with E-state index in [0.717, 1.165) is 17.4 Å². The van der Waals surface area contributed by atoms with Crippen LogP contribution < -0.4 is 5.32 Å². The molecular formula is C16H27N3O. The van der Waals surface area contributed by atoms with Gasteiger partial charge in [-0.15, -0.1) is 0 Å². The number of nitrogens with one attached hydrogen (secondary N) is 1. The van der Waals surface area contributed by atoms with E-state index in [4.69, 9.17) is 0 Å². The molecule has 2 fully saturated rings. The van der Waals surface area contributed by atoms with E-state index in [1.807, 2.05) is 13.2 Å². The van der Waals surface area contributed by atoms with Crippen LogP contribution in [0.3, 0.4) is 0 Å². The molecule has 0 aliphatic heterocycles. The van der Waals surface area contributed by atoms with Crippen LogP contribution in [0.1, 0.15) is 51.2 Å². The SMILES string of the molecule is Cn1cc([C@H](O)CN[C@H]2[C@@H]3CCCC[C@@H]3C2(C)C)cn1. The minimum atomic E-state index is -0.456. The number of rotatable bonds is 4. The van der Waals surface area contributed by atoms with Crippen LogP contribution in [-0.2, 0) is 7.05 Å². The average Bonchev–Trinajstić information content (AvgIpc) is 2.85. The minimum absolute atomic E-state index is 0.375. The lowest BCUT2D eigenvalue weighted by atomic mass is 9.48. The molecule has 4 nitrogen and oxygen atoms in total. The second kappa shape index (κ2) is 5.15. The number of aromatic nitrogens is 2. The molecule has 3 rings (SSSR count). The van der Waals surface area contributed by atoms with Gasteiger partial charge < -0.3 is 10.4 Å². The standard InChI is InChI=1S/C16H27N3O/c1-16(2)13-7-5-4-6-12(13)15(16)17-9-14(20)11-8-18-19(3)10-11/h8,10,12-15,17,20H,4-7,9H2,1-3H3/t12-,13+,14-,15+/m1/s1. The van der Waals surface area contributed by atoms with E-state index in [1.54, 1.807) is 10.9 Å². The van der Waals surface area contributed by atoms with Gasteiger partial charge in [0.05, 0.1) is 12.3 Å². The molecule has 1 aromatic heterocycles. The lowest BCUT2D eigenvalue weighted by Crippen LogP contribution is -2.65. The van der Waals surface area contributed by atoms with Crippen molar-refractivity contribution in [3.8, 4) is 0 Å². The van der Waals surface area contributed by atoms with Gasteiger partial charge in [0.15, 0.2) is 0 Å². The Labute approximate surface area is 121 Å². The molecule has 0 bridgehead atoms. The highest BCUT2D eigenvalue weighted by Crippen LogP contribution is 2.57. The van der Waals surface area contributed by atoms with Crippen LogP contribution in [0.4, 0.5) is 0 Å². The van der Waals surface area contributed by atoms with E-state index >= 15 is 0 Å². The minimum Gasteiger partial charge on any atom is -0.387 e. The molecular weight excluding hydrogens is 250 g/mol. The van der Waals surface area contributed by atoms with Crippen LogP contribution in [0.5, 0.6) is 0 Å². The summed E-state index contributed by atoms with van der Waals surface area (Å²) in [4.78, 5) is 0. The highest BCUT2D eigenvalue weighted by Gasteiger charge is 2.55. The molecule has 1 aromatic rings. The van der Waals surface area contributed by atoms with Gasteiger partial charge in [-0.2, -0.15) is 5.10 Å². The fourth-order valence-corrected chi connectivity index (χ4v) is 4.53. The van der Waals surface area contributed by atoms with Crippen molar-refractivity contribution in [1.29, 1.82) is 0 Å². The van der Waals surface area contributed by atoms with Crippen molar-refractivity contribution in [2.24, 2.45) is 24.3 Å². The predicted octanol–water partition coefficient (Wildman–Crippen LogP) is 2.26. The van der Waals surface area contributed by atoms with Gasteiger partial charge in [-0.25, -0.2) is 0 Å². The monoisotopic (exact) mass is 277 g/mol. The fourth-order valence-electron chi connectivity index (χ4n) is 4.53. The second-order valence-electron chi connectivity index (χ2n) is 7.23. The maximum Gasteiger partial charge on any atom is 0.0944 e. The van der Waals surface area contributed by atoms with Gasteiger partial charge in [-0.1, -0.05) is 26.7 Å². The fraction of sp³-hybridized carbons (Fsp3) is 0.812. The molecule has 0 unspecified atom stereocenters. The normalized spacial score (nSPS) is 33.3. The Morgan fingerprint density at radius 2 is 2.20 bits per heavy atom. The van der Waals surface area contributed by atoms with Crippen LogP contribution >= 0.6 is 0 Å². The van der Waals surface area contributed by atoms with Crippen molar-refractivity contribution in [3.63, 3.8) is 0 Å². The van der Waals surface area contributed by atoms with Crippen molar-refractivity contribution in [3.05, 3.63) is 18.0 Å². The van der Waals surface area contributed by atoms with Crippen LogP contribution in [0.2, 0.25) is 0 Å². The number of nitrogens with zero attached hydrogens (tertiary/aromatic N) is 2. The second-order valence-corrected chi connectivity index (χ2v) is 7.23. The molecule has 2 saturated carbocycles. The van der Waals surface area contributed by atoms with Gasteiger partial charge in [0, 0.05) is 31.4 Å². The summed E-state index contributed by atoms with van der Waals surface area (Å²) >= 11 is 0. The third-order valence-electron chi connectivity index (χ3n) is 5.65. The van der Waals surface area contributed by atoms with Crippen molar-refractivity contribution in [2.45, 2.75) is 51.7 Å². The smallest absolute Gasteiger partial charge is 0.0944 e. The summed E-state index contributed by atoms with van der Waals surface area (Å²) in [7, 11) is 1.88. The molecule has 2 aliphatic rings. The molecule has 0 amide bonds. The first-order valence-electron chi connectivity index (χ1n) is 7.90.